The number of nitrogens with zero attached hydrogens (tertiary/aromatic N) is 1. The van der Waals surface area contributed by atoms with Gasteiger partial charge in [-0.1, -0.05) is 12.8 Å². The van der Waals surface area contributed by atoms with Gasteiger partial charge in [0.1, 0.15) is 5.54 Å². The highest BCUT2D eigenvalue weighted by Crippen LogP contribution is 2.31. The molecule has 7 nitrogen and oxygen atoms in total. The maximum Gasteiger partial charge on any atom is 0.329 e. The van der Waals surface area contributed by atoms with Crippen molar-refractivity contribution in [1.82, 2.24) is 5.32 Å². The molecule has 2 rings (SSSR count). The van der Waals surface area contributed by atoms with Crippen LogP contribution >= 0.6 is 0 Å². The molecule has 1 aliphatic carbocycles. The second kappa shape index (κ2) is 5.75. The van der Waals surface area contributed by atoms with Crippen molar-refractivity contribution in [2.45, 2.75) is 45.1 Å². The van der Waals surface area contributed by atoms with E-state index in [0.717, 1.165) is 12.8 Å². The Balaban J connectivity index is 2.35. The lowest BCUT2D eigenvalue weighted by Crippen LogP contribution is -2.52. The first kappa shape index (κ1) is 15.9. The second-order valence-corrected chi connectivity index (χ2v) is 5.76. The molecule has 1 aliphatic rings. The van der Waals surface area contributed by atoms with Crippen LogP contribution in [0.2, 0.25) is 0 Å². The number of nitrogens with one attached hydrogen (secondary N) is 1. The lowest BCUT2D eigenvalue weighted by molar-refractivity contribution is -0.385. The summed E-state index contributed by atoms with van der Waals surface area (Å²) in [5, 5.41) is 23.0. The fourth-order valence-electron chi connectivity index (χ4n) is 2.94. The molecule has 1 amide bonds. The molecule has 1 aromatic carbocycles. The number of amides is 1. The molecule has 0 saturated heterocycles. The first-order valence-corrected chi connectivity index (χ1v) is 7.08. The Morgan fingerprint density at radius 2 is 1.82 bits per heavy atom. The van der Waals surface area contributed by atoms with Crippen LogP contribution < -0.4 is 5.32 Å². The number of benzene rings is 1. The summed E-state index contributed by atoms with van der Waals surface area (Å²) >= 11 is 0. The van der Waals surface area contributed by atoms with Crippen molar-refractivity contribution in [3.63, 3.8) is 0 Å². The number of nitro benzene ring substituents is 1. The number of rotatable bonds is 4. The number of nitro groups is 1. The van der Waals surface area contributed by atoms with Gasteiger partial charge in [-0.15, -0.1) is 0 Å². The number of carbonyl (C=O) groups is 2. The standard InChI is InChI=1S/C15H18N2O5/c1-9-7-10(2)12(17(21)22)8-11(9)13(18)16-15(14(19)20)5-3-4-6-15/h7-8H,3-6H2,1-2H3,(H,16,18)(H,19,20). The van der Waals surface area contributed by atoms with E-state index in [0.29, 0.717) is 24.0 Å². The maximum atomic E-state index is 12.4. The fraction of sp³-hybridized carbons (Fsp3) is 0.467. The Labute approximate surface area is 127 Å². The normalized spacial score (nSPS) is 16.3. The van der Waals surface area contributed by atoms with Crippen molar-refractivity contribution in [2.75, 3.05) is 0 Å². The third-order valence-corrected chi connectivity index (χ3v) is 4.20. The van der Waals surface area contributed by atoms with E-state index < -0.39 is 22.3 Å². The van der Waals surface area contributed by atoms with Gasteiger partial charge in [0.15, 0.2) is 0 Å². The van der Waals surface area contributed by atoms with Gasteiger partial charge < -0.3 is 10.4 Å². The average molecular weight is 306 g/mol. The van der Waals surface area contributed by atoms with E-state index in [2.05, 4.69) is 5.32 Å². The summed E-state index contributed by atoms with van der Waals surface area (Å²) in [5.74, 6) is -1.64. The Hall–Kier alpha value is -2.44. The van der Waals surface area contributed by atoms with Crippen LogP contribution in [-0.2, 0) is 4.79 Å². The molecule has 1 saturated carbocycles. The molecule has 0 aliphatic heterocycles. The summed E-state index contributed by atoms with van der Waals surface area (Å²) in [4.78, 5) is 34.4. The monoisotopic (exact) mass is 306 g/mol. The summed E-state index contributed by atoms with van der Waals surface area (Å²) < 4.78 is 0. The average Bonchev–Trinajstić information content (AvgIpc) is 2.87. The van der Waals surface area contributed by atoms with Gasteiger partial charge in [0.05, 0.1) is 4.92 Å². The van der Waals surface area contributed by atoms with E-state index in [-0.39, 0.29) is 11.3 Å². The minimum absolute atomic E-state index is 0.143. The minimum atomic E-state index is -1.26. The smallest absolute Gasteiger partial charge is 0.329 e. The van der Waals surface area contributed by atoms with Crippen molar-refractivity contribution in [1.29, 1.82) is 0 Å². The molecular formula is C15H18N2O5. The molecule has 0 atom stereocenters. The van der Waals surface area contributed by atoms with Gasteiger partial charge in [-0.25, -0.2) is 4.79 Å². The Kier molecular flexibility index (Phi) is 4.16. The van der Waals surface area contributed by atoms with Gasteiger partial charge in [0.25, 0.3) is 11.6 Å². The van der Waals surface area contributed by atoms with Crippen LogP contribution in [0, 0.1) is 24.0 Å². The predicted molar refractivity (Wildman–Crippen MR) is 78.9 cm³/mol. The predicted octanol–water partition coefficient (Wildman–Crippen LogP) is 2.34. The molecule has 0 heterocycles. The molecule has 0 unspecified atom stereocenters. The number of carboxylic acid groups (broad SMARTS) is 1. The maximum absolute atomic E-state index is 12.4. The second-order valence-electron chi connectivity index (χ2n) is 5.76. The molecule has 1 fully saturated rings. The molecule has 22 heavy (non-hydrogen) atoms. The summed E-state index contributed by atoms with van der Waals surface area (Å²) in [6, 6.07) is 2.78. The minimum Gasteiger partial charge on any atom is -0.480 e. The van der Waals surface area contributed by atoms with Crippen LogP contribution in [-0.4, -0.2) is 27.4 Å². The highest BCUT2D eigenvalue weighted by molar-refractivity contribution is 5.99. The molecule has 118 valence electrons. The zero-order valence-corrected chi connectivity index (χ0v) is 12.5. The molecule has 0 spiro atoms. The molecular weight excluding hydrogens is 288 g/mol. The first-order chi connectivity index (χ1) is 10.3. The van der Waals surface area contributed by atoms with Gasteiger partial charge >= 0.3 is 5.97 Å². The lowest BCUT2D eigenvalue weighted by Gasteiger charge is -2.25. The SMILES string of the molecule is Cc1cc(C)c([N+](=O)[O-])cc1C(=O)NC1(C(=O)O)CCCC1. The summed E-state index contributed by atoms with van der Waals surface area (Å²) in [5.41, 5.74) is -0.216. The third-order valence-electron chi connectivity index (χ3n) is 4.20. The molecule has 0 bridgehead atoms. The van der Waals surface area contributed by atoms with Crippen LogP contribution in [0.15, 0.2) is 12.1 Å². The molecule has 0 radical (unpaired) electrons. The van der Waals surface area contributed by atoms with Crippen LogP contribution in [0.4, 0.5) is 5.69 Å². The number of carbonyl (C=O) groups excluding carboxylic acids is 1. The molecule has 2 N–H and O–H groups in total. The van der Waals surface area contributed by atoms with E-state index in [4.69, 9.17) is 0 Å². The van der Waals surface area contributed by atoms with Gasteiger partial charge in [0.2, 0.25) is 0 Å². The summed E-state index contributed by atoms with van der Waals surface area (Å²) in [6.45, 7) is 3.27. The number of hydrogen-bond donors (Lipinski definition) is 2. The van der Waals surface area contributed by atoms with Crippen LogP contribution in [0.5, 0.6) is 0 Å². The van der Waals surface area contributed by atoms with E-state index in [1.54, 1.807) is 19.9 Å². The van der Waals surface area contributed by atoms with Gasteiger partial charge in [-0.2, -0.15) is 0 Å². The van der Waals surface area contributed by atoms with Crippen LogP contribution in [0.1, 0.15) is 47.2 Å². The van der Waals surface area contributed by atoms with E-state index in [1.807, 2.05) is 0 Å². The third kappa shape index (κ3) is 2.79. The number of aryl methyl sites for hydroxylation is 2. The van der Waals surface area contributed by atoms with Crippen molar-refractivity contribution < 1.29 is 19.6 Å². The fourth-order valence-corrected chi connectivity index (χ4v) is 2.94. The molecule has 0 aromatic heterocycles. The zero-order valence-electron chi connectivity index (χ0n) is 12.5. The number of hydrogen-bond acceptors (Lipinski definition) is 4. The van der Waals surface area contributed by atoms with E-state index >= 15 is 0 Å². The van der Waals surface area contributed by atoms with Gasteiger partial charge in [0, 0.05) is 17.2 Å². The number of aliphatic carboxylic acids is 1. The van der Waals surface area contributed by atoms with Crippen molar-refractivity contribution >= 4 is 17.6 Å². The summed E-state index contributed by atoms with van der Waals surface area (Å²) in [6.07, 6.45) is 2.22. The van der Waals surface area contributed by atoms with Crippen LogP contribution in [0.3, 0.4) is 0 Å². The largest absolute Gasteiger partial charge is 0.480 e. The Bertz CT molecular complexity index is 648. The number of carboxylic acids is 1. The van der Waals surface area contributed by atoms with Crippen molar-refractivity contribution in [3.05, 3.63) is 38.9 Å². The first-order valence-electron chi connectivity index (χ1n) is 7.08. The van der Waals surface area contributed by atoms with Crippen molar-refractivity contribution in [2.24, 2.45) is 0 Å². The van der Waals surface area contributed by atoms with E-state index in [9.17, 15) is 24.8 Å². The van der Waals surface area contributed by atoms with Gasteiger partial charge in [-0.05, 0) is 38.3 Å². The highest BCUT2D eigenvalue weighted by atomic mass is 16.6. The lowest BCUT2D eigenvalue weighted by atomic mass is 9.96. The topological polar surface area (TPSA) is 110 Å². The molecule has 1 aromatic rings. The van der Waals surface area contributed by atoms with Gasteiger partial charge in [-0.3, -0.25) is 14.9 Å². The van der Waals surface area contributed by atoms with E-state index in [1.165, 1.54) is 6.07 Å². The summed E-state index contributed by atoms with van der Waals surface area (Å²) in [7, 11) is 0. The van der Waals surface area contributed by atoms with Crippen LogP contribution in [0.25, 0.3) is 0 Å². The zero-order chi connectivity index (χ0) is 16.5. The Morgan fingerprint density at radius 1 is 1.23 bits per heavy atom. The highest BCUT2D eigenvalue weighted by Gasteiger charge is 2.43. The Morgan fingerprint density at radius 3 is 2.32 bits per heavy atom. The molecule has 7 heteroatoms. The van der Waals surface area contributed by atoms with Crippen molar-refractivity contribution in [3.8, 4) is 0 Å². The quantitative estimate of drug-likeness (QED) is 0.655.